The maximum Gasteiger partial charge on any atom is 0.233 e. The quantitative estimate of drug-likeness (QED) is 0.745. The number of thiocarbonyl (C=S) groups is 1. The molecule has 0 aliphatic rings. The Morgan fingerprint density at radius 3 is 2.40 bits per heavy atom. The van der Waals surface area contributed by atoms with Gasteiger partial charge in [-0.15, -0.1) is 0 Å². The summed E-state index contributed by atoms with van der Waals surface area (Å²) in [5.74, 6) is -0.647. The van der Waals surface area contributed by atoms with Crippen molar-refractivity contribution in [3.05, 3.63) is 35.9 Å². The third kappa shape index (κ3) is 4.58. The first-order valence-corrected chi connectivity index (χ1v) is 7.12. The lowest BCUT2D eigenvalue weighted by Gasteiger charge is -2.29. The minimum atomic E-state index is -0.527. The van der Waals surface area contributed by atoms with Crippen molar-refractivity contribution in [3.8, 4) is 0 Å². The first-order chi connectivity index (χ1) is 9.47. The number of aliphatic hydroxyl groups excluding tert-OH is 1. The van der Waals surface area contributed by atoms with Gasteiger partial charge in [-0.25, -0.2) is 0 Å². The molecule has 0 saturated heterocycles. The second-order valence-corrected chi connectivity index (χ2v) is 5.47. The summed E-state index contributed by atoms with van der Waals surface area (Å²) in [6.45, 7) is 4.04. The summed E-state index contributed by atoms with van der Waals surface area (Å²) in [5.41, 5.74) is 6.76. The lowest BCUT2D eigenvalue weighted by atomic mass is 9.97. The summed E-state index contributed by atoms with van der Waals surface area (Å²) in [5, 5.41) is 9.09. The normalized spacial score (nSPS) is 12.2. The van der Waals surface area contributed by atoms with Gasteiger partial charge in [0.2, 0.25) is 5.91 Å². The Bertz CT molecular complexity index is 448. The van der Waals surface area contributed by atoms with E-state index in [1.54, 1.807) is 4.90 Å². The van der Waals surface area contributed by atoms with E-state index in [1.165, 1.54) is 0 Å². The molecule has 1 aromatic rings. The van der Waals surface area contributed by atoms with Crippen LogP contribution in [0.25, 0.3) is 0 Å². The molecular formula is C15H22N2O2S. The number of benzene rings is 1. The van der Waals surface area contributed by atoms with Crippen LogP contribution in [0.1, 0.15) is 19.4 Å². The van der Waals surface area contributed by atoms with Gasteiger partial charge in [0.05, 0.1) is 17.5 Å². The Balaban J connectivity index is 2.89. The largest absolute Gasteiger partial charge is 0.395 e. The fourth-order valence-corrected chi connectivity index (χ4v) is 2.27. The molecule has 0 aliphatic heterocycles. The van der Waals surface area contributed by atoms with Crippen molar-refractivity contribution in [2.75, 3.05) is 13.2 Å². The van der Waals surface area contributed by atoms with Crippen LogP contribution in [0.4, 0.5) is 0 Å². The summed E-state index contributed by atoms with van der Waals surface area (Å²) < 4.78 is 0. The summed E-state index contributed by atoms with van der Waals surface area (Å²) in [6.07, 6.45) is 0.490. The third-order valence-corrected chi connectivity index (χ3v) is 3.46. The number of hydrogen-bond acceptors (Lipinski definition) is 3. The lowest BCUT2D eigenvalue weighted by Crippen LogP contribution is -2.46. The molecule has 1 amide bonds. The summed E-state index contributed by atoms with van der Waals surface area (Å²) in [4.78, 5) is 14.4. The van der Waals surface area contributed by atoms with Crippen molar-refractivity contribution < 1.29 is 9.90 Å². The molecule has 0 bridgehead atoms. The number of hydrogen-bond donors (Lipinski definition) is 2. The van der Waals surface area contributed by atoms with Crippen molar-refractivity contribution in [3.63, 3.8) is 0 Å². The van der Waals surface area contributed by atoms with E-state index in [4.69, 9.17) is 23.1 Å². The molecule has 4 nitrogen and oxygen atoms in total. The average Bonchev–Trinajstić information content (AvgIpc) is 2.42. The minimum absolute atomic E-state index is 0.00210. The van der Waals surface area contributed by atoms with E-state index in [2.05, 4.69) is 0 Å². The molecule has 0 heterocycles. The lowest BCUT2D eigenvalue weighted by molar-refractivity contribution is -0.135. The molecule has 0 aliphatic carbocycles. The van der Waals surface area contributed by atoms with E-state index >= 15 is 0 Å². The zero-order chi connectivity index (χ0) is 15.1. The van der Waals surface area contributed by atoms with Gasteiger partial charge in [-0.2, -0.15) is 0 Å². The molecule has 5 heteroatoms. The van der Waals surface area contributed by atoms with Crippen molar-refractivity contribution in [1.82, 2.24) is 4.90 Å². The minimum Gasteiger partial charge on any atom is -0.395 e. The van der Waals surface area contributed by atoms with Crippen LogP contribution in [0.15, 0.2) is 30.3 Å². The van der Waals surface area contributed by atoms with Gasteiger partial charge in [0.15, 0.2) is 0 Å². The highest BCUT2D eigenvalue weighted by Crippen LogP contribution is 2.14. The number of amides is 1. The number of aliphatic hydroxyl groups is 1. The van der Waals surface area contributed by atoms with Crippen LogP contribution < -0.4 is 5.73 Å². The Morgan fingerprint density at radius 2 is 1.95 bits per heavy atom. The maximum atomic E-state index is 12.6. The highest BCUT2D eigenvalue weighted by atomic mass is 32.1. The molecule has 0 fully saturated rings. The van der Waals surface area contributed by atoms with Crippen molar-refractivity contribution in [2.45, 2.75) is 26.3 Å². The highest BCUT2D eigenvalue weighted by molar-refractivity contribution is 7.80. The molecule has 3 N–H and O–H groups in total. The van der Waals surface area contributed by atoms with Crippen molar-refractivity contribution >= 4 is 23.1 Å². The van der Waals surface area contributed by atoms with Crippen LogP contribution in [0.2, 0.25) is 0 Å². The van der Waals surface area contributed by atoms with E-state index in [0.29, 0.717) is 13.0 Å². The highest BCUT2D eigenvalue weighted by Gasteiger charge is 2.28. The number of nitrogens with zero attached hydrogens (tertiary/aromatic N) is 1. The van der Waals surface area contributed by atoms with Gasteiger partial charge in [-0.1, -0.05) is 42.5 Å². The molecular weight excluding hydrogens is 272 g/mol. The second-order valence-electron chi connectivity index (χ2n) is 4.99. The molecule has 1 aromatic carbocycles. The first kappa shape index (κ1) is 16.6. The van der Waals surface area contributed by atoms with E-state index in [1.807, 2.05) is 44.2 Å². The molecule has 0 spiro atoms. The molecule has 0 aromatic heterocycles. The second kappa shape index (κ2) is 7.97. The zero-order valence-corrected chi connectivity index (χ0v) is 12.8. The Kier molecular flexibility index (Phi) is 6.61. The molecule has 0 saturated carbocycles. The van der Waals surface area contributed by atoms with Gasteiger partial charge in [0.25, 0.3) is 0 Å². The molecule has 0 radical (unpaired) electrons. The van der Waals surface area contributed by atoms with Gasteiger partial charge in [0.1, 0.15) is 0 Å². The molecule has 1 unspecified atom stereocenters. The molecule has 1 rings (SSSR count). The molecule has 20 heavy (non-hydrogen) atoms. The number of nitrogens with two attached hydrogens (primary N) is 1. The predicted octanol–water partition coefficient (Wildman–Crippen LogP) is 1.36. The summed E-state index contributed by atoms with van der Waals surface area (Å²) in [7, 11) is 0. The van der Waals surface area contributed by atoms with Gasteiger partial charge in [0, 0.05) is 12.6 Å². The maximum absolute atomic E-state index is 12.6. The smallest absolute Gasteiger partial charge is 0.233 e. The monoisotopic (exact) mass is 294 g/mol. The number of carbonyl (C=O) groups excluding carboxylic acids is 1. The van der Waals surface area contributed by atoms with E-state index < -0.39 is 5.92 Å². The first-order valence-electron chi connectivity index (χ1n) is 6.72. The van der Waals surface area contributed by atoms with Crippen LogP contribution in [-0.4, -0.2) is 40.1 Å². The van der Waals surface area contributed by atoms with Crippen LogP contribution in [0, 0.1) is 5.92 Å². The summed E-state index contributed by atoms with van der Waals surface area (Å²) >= 11 is 5.05. The van der Waals surface area contributed by atoms with Crippen molar-refractivity contribution in [1.29, 1.82) is 0 Å². The fourth-order valence-electron chi connectivity index (χ4n) is 2.09. The standard InChI is InChI=1S/C15H22N2O2S/c1-11(2)17(8-9-18)15(19)13(14(16)20)10-12-6-4-3-5-7-12/h3-7,11,13,18H,8-10H2,1-2H3,(H2,16,20). The van der Waals surface area contributed by atoms with Gasteiger partial charge in [-0.05, 0) is 25.8 Å². The third-order valence-electron chi connectivity index (χ3n) is 3.17. The summed E-state index contributed by atoms with van der Waals surface area (Å²) in [6, 6.07) is 9.67. The van der Waals surface area contributed by atoms with E-state index in [9.17, 15) is 4.79 Å². The van der Waals surface area contributed by atoms with Crippen molar-refractivity contribution in [2.24, 2.45) is 11.7 Å². The topological polar surface area (TPSA) is 66.6 Å². The van der Waals surface area contributed by atoms with Gasteiger partial charge < -0.3 is 15.7 Å². The predicted molar refractivity (Wildman–Crippen MR) is 84.4 cm³/mol. The average molecular weight is 294 g/mol. The van der Waals surface area contributed by atoms with Crippen LogP contribution in [-0.2, 0) is 11.2 Å². The van der Waals surface area contributed by atoms with E-state index in [0.717, 1.165) is 5.56 Å². The fraction of sp³-hybridized carbons (Fsp3) is 0.467. The number of carbonyl (C=O) groups is 1. The molecule has 110 valence electrons. The molecule has 1 atom stereocenters. The van der Waals surface area contributed by atoms with Crippen LogP contribution in [0.3, 0.4) is 0 Å². The Hall–Kier alpha value is -1.46. The zero-order valence-electron chi connectivity index (χ0n) is 12.0. The van der Waals surface area contributed by atoms with Gasteiger partial charge >= 0.3 is 0 Å². The number of rotatable bonds is 7. The SMILES string of the molecule is CC(C)N(CCO)C(=O)C(Cc1ccccc1)C(N)=S. The van der Waals surface area contributed by atoms with Crippen LogP contribution >= 0.6 is 12.2 Å². The Labute approximate surface area is 125 Å². The van der Waals surface area contributed by atoms with Crippen LogP contribution in [0.5, 0.6) is 0 Å². The Morgan fingerprint density at radius 1 is 1.35 bits per heavy atom. The van der Waals surface area contributed by atoms with Gasteiger partial charge in [-0.3, -0.25) is 4.79 Å². The van der Waals surface area contributed by atoms with E-state index in [-0.39, 0.29) is 23.5 Å².